The number of nitrogens with one attached hydrogen (secondary N) is 2. The number of benzene rings is 2. The van der Waals surface area contributed by atoms with Gasteiger partial charge in [-0.05, 0) is 48.4 Å². The van der Waals surface area contributed by atoms with Crippen molar-refractivity contribution in [2.24, 2.45) is 10.7 Å². The molecular formula is C20H26N4O2. The maximum atomic E-state index is 12.0. The van der Waals surface area contributed by atoms with Gasteiger partial charge in [0.25, 0.3) is 5.91 Å². The number of aliphatic imine (C=N–C) groups is 1. The van der Waals surface area contributed by atoms with Crippen molar-refractivity contribution in [3.05, 3.63) is 59.7 Å². The molecule has 0 fully saturated rings. The number of rotatable bonds is 8. The normalized spacial score (nSPS) is 11.1. The van der Waals surface area contributed by atoms with Gasteiger partial charge in [-0.1, -0.05) is 25.5 Å². The largest absolute Gasteiger partial charge is 0.497 e. The summed E-state index contributed by atoms with van der Waals surface area (Å²) in [5.41, 5.74) is 8.38. The Kier molecular flexibility index (Phi) is 7.49. The van der Waals surface area contributed by atoms with Gasteiger partial charge in [-0.2, -0.15) is 0 Å². The standard InChI is InChI=1S/C20H26N4O2/c1-3-4-13-22-19(25)16-7-5-15(6-8-16)14-23-20(21)24-17-9-11-18(26-2)12-10-17/h5-12H,3-4,13-14H2,1-2H3,(H,22,25)(H3,21,23,24). The van der Waals surface area contributed by atoms with Gasteiger partial charge in [0.15, 0.2) is 5.96 Å². The van der Waals surface area contributed by atoms with Crippen LogP contribution in [0, 0.1) is 0 Å². The molecule has 0 saturated heterocycles. The molecule has 2 aromatic rings. The second-order valence-corrected chi connectivity index (χ2v) is 5.86. The van der Waals surface area contributed by atoms with Gasteiger partial charge in [0.1, 0.15) is 5.75 Å². The predicted octanol–water partition coefficient (Wildman–Crippen LogP) is 3.15. The van der Waals surface area contributed by atoms with Gasteiger partial charge >= 0.3 is 0 Å². The first-order valence-corrected chi connectivity index (χ1v) is 8.70. The molecule has 0 saturated carbocycles. The number of amides is 1. The lowest BCUT2D eigenvalue weighted by molar-refractivity contribution is 0.0953. The molecule has 0 aliphatic rings. The highest BCUT2D eigenvalue weighted by Gasteiger charge is 2.04. The number of guanidine groups is 1. The fraction of sp³-hybridized carbons (Fsp3) is 0.300. The van der Waals surface area contributed by atoms with E-state index in [1.807, 2.05) is 36.4 Å². The average Bonchev–Trinajstić information content (AvgIpc) is 2.67. The molecule has 0 aliphatic heterocycles. The van der Waals surface area contributed by atoms with Crippen molar-refractivity contribution < 1.29 is 9.53 Å². The molecule has 4 N–H and O–H groups in total. The van der Waals surface area contributed by atoms with Gasteiger partial charge in [0, 0.05) is 17.8 Å². The van der Waals surface area contributed by atoms with Crippen LogP contribution in [-0.4, -0.2) is 25.5 Å². The summed E-state index contributed by atoms with van der Waals surface area (Å²) in [7, 11) is 1.62. The third kappa shape index (κ3) is 6.12. The van der Waals surface area contributed by atoms with Crippen LogP contribution in [0.15, 0.2) is 53.5 Å². The molecule has 0 heterocycles. The zero-order valence-electron chi connectivity index (χ0n) is 15.3. The zero-order chi connectivity index (χ0) is 18.8. The molecule has 2 rings (SSSR count). The molecule has 0 spiro atoms. The Morgan fingerprint density at radius 2 is 1.81 bits per heavy atom. The van der Waals surface area contributed by atoms with Gasteiger partial charge < -0.3 is 21.1 Å². The SMILES string of the molecule is CCCCNC(=O)c1ccc(CN=C(N)Nc2ccc(OC)cc2)cc1. The molecule has 0 unspecified atom stereocenters. The van der Waals surface area contributed by atoms with Gasteiger partial charge in [0.2, 0.25) is 0 Å². The number of unbranched alkanes of at least 4 members (excludes halogenated alkanes) is 1. The molecule has 0 radical (unpaired) electrons. The Hall–Kier alpha value is -3.02. The lowest BCUT2D eigenvalue weighted by Crippen LogP contribution is -2.24. The van der Waals surface area contributed by atoms with Crippen LogP contribution in [0.3, 0.4) is 0 Å². The first kappa shape index (κ1) is 19.3. The lowest BCUT2D eigenvalue weighted by atomic mass is 10.1. The minimum atomic E-state index is -0.0470. The molecule has 0 atom stereocenters. The smallest absolute Gasteiger partial charge is 0.251 e. The number of nitrogens with two attached hydrogens (primary N) is 1. The minimum Gasteiger partial charge on any atom is -0.497 e. The Morgan fingerprint density at radius 1 is 1.12 bits per heavy atom. The van der Waals surface area contributed by atoms with Crippen molar-refractivity contribution in [3.63, 3.8) is 0 Å². The van der Waals surface area contributed by atoms with Crippen LogP contribution >= 0.6 is 0 Å². The molecular weight excluding hydrogens is 328 g/mol. The van der Waals surface area contributed by atoms with E-state index >= 15 is 0 Å². The summed E-state index contributed by atoms with van der Waals surface area (Å²) in [6.45, 7) is 3.23. The first-order chi connectivity index (χ1) is 12.6. The fourth-order valence-electron chi connectivity index (χ4n) is 2.28. The van der Waals surface area contributed by atoms with Crippen molar-refractivity contribution in [1.29, 1.82) is 0 Å². The van der Waals surface area contributed by atoms with Gasteiger partial charge in [-0.25, -0.2) is 4.99 Å². The van der Waals surface area contributed by atoms with Gasteiger partial charge in [-0.3, -0.25) is 4.79 Å². The van der Waals surface area contributed by atoms with Gasteiger partial charge in [-0.15, -0.1) is 0 Å². The fourth-order valence-corrected chi connectivity index (χ4v) is 2.28. The summed E-state index contributed by atoms with van der Waals surface area (Å²) in [4.78, 5) is 16.3. The number of carbonyl (C=O) groups is 1. The van der Waals surface area contributed by atoms with E-state index in [2.05, 4.69) is 22.5 Å². The summed E-state index contributed by atoms with van der Waals surface area (Å²) in [6, 6.07) is 14.8. The Morgan fingerprint density at radius 3 is 2.42 bits per heavy atom. The van der Waals surface area contributed by atoms with Crippen molar-refractivity contribution in [2.75, 3.05) is 19.0 Å². The third-order valence-electron chi connectivity index (χ3n) is 3.83. The average molecular weight is 354 g/mol. The number of methoxy groups -OCH3 is 1. The number of hydrogen-bond acceptors (Lipinski definition) is 3. The number of hydrogen-bond donors (Lipinski definition) is 3. The second-order valence-electron chi connectivity index (χ2n) is 5.86. The first-order valence-electron chi connectivity index (χ1n) is 8.70. The zero-order valence-corrected chi connectivity index (χ0v) is 15.3. The minimum absolute atomic E-state index is 0.0470. The molecule has 0 bridgehead atoms. The van der Waals surface area contributed by atoms with Crippen LogP contribution in [-0.2, 0) is 6.54 Å². The summed E-state index contributed by atoms with van der Waals surface area (Å²) in [6.07, 6.45) is 2.04. The Balaban J connectivity index is 1.87. The highest BCUT2D eigenvalue weighted by Crippen LogP contribution is 2.14. The summed E-state index contributed by atoms with van der Waals surface area (Å²) in [5.74, 6) is 1.07. The Labute approximate surface area is 154 Å². The third-order valence-corrected chi connectivity index (χ3v) is 3.83. The van der Waals surface area contributed by atoms with Gasteiger partial charge in [0.05, 0.1) is 13.7 Å². The molecule has 26 heavy (non-hydrogen) atoms. The van der Waals surface area contributed by atoms with Crippen molar-refractivity contribution in [2.45, 2.75) is 26.3 Å². The monoisotopic (exact) mass is 354 g/mol. The number of carbonyl (C=O) groups excluding carboxylic acids is 1. The van der Waals surface area contributed by atoms with Crippen LogP contribution < -0.4 is 21.1 Å². The maximum Gasteiger partial charge on any atom is 0.251 e. The Bertz CT molecular complexity index is 724. The highest BCUT2D eigenvalue weighted by molar-refractivity contribution is 5.94. The van der Waals surface area contributed by atoms with Crippen LogP contribution in [0.1, 0.15) is 35.7 Å². The highest BCUT2D eigenvalue weighted by atomic mass is 16.5. The van der Waals surface area contributed by atoms with E-state index in [0.29, 0.717) is 24.6 Å². The summed E-state index contributed by atoms with van der Waals surface area (Å²) >= 11 is 0. The van der Waals surface area contributed by atoms with E-state index in [0.717, 1.165) is 29.8 Å². The molecule has 0 aromatic heterocycles. The van der Waals surface area contributed by atoms with E-state index in [9.17, 15) is 4.79 Å². The van der Waals surface area contributed by atoms with E-state index in [4.69, 9.17) is 10.5 Å². The van der Waals surface area contributed by atoms with Crippen molar-refractivity contribution >= 4 is 17.6 Å². The van der Waals surface area contributed by atoms with E-state index in [-0.39, 0.29) is 5.91 Å². The van der Waals surface area contributed by atoms with E-state index in [1.165, 1.54) is 0 Å². The topological polar surface area (TPSA) is 88.7 Å². The summed E-state index contributed by atoms with van der Waals surface area (Å²) in [5, 5.41) is 5.93. The lowest BCUT2D eigenvalue weighted by Gasteiger charge is -2.07. The van der Waals surface area contributed by atoms with Crippen LogP contribution in [0.25, 0.3) is 0 Å². The molecule has 138 valence electrons. The molecule has 1 amide bonds. The molecule has 6 nitrogen and oxygen atoms in total. The maximum absolute atomic E-state index is 12.0. The number of anilines is 1. The van der Waals surface area contributed by atoms with Crippen LogP contribution in [0.2, 0.25) is 0 Å². The molecule has 0 aliphatic carbocycles. The second kappa shape index (κ2) is 10.1. The predicted molar refractivity (Wildman–Crippen MR) is 106 cm³/mol. The van der Waals surface area contributed by atoms with Crippen molar-refractivity contribution in [1.82, 2.24) is 5.32 Å². The van der Waals surface area contributed by atoms with Crippen LogP contribution in [0.5, 0.6) is 5.75 Å². The van der Waals surface area contributed by atoms with E-state index < -0.39 is 0 Å². The molecule has 2 aromatic carbocycles. The van der Waals surface area contributed by atoms with Crippen molar-refractivity contribution in [3.8, 4) is 5.75 Å². The quantitative estimate of drug-likeness (QED) is 0.386. The van der Waals surface area contributed by atoms with E-state index in [1.54, 1.807) is 19.2 Å². The summed E-state index contributed by atoms with van der Waals surface area (Å²) < 4.78 is 5.12. The van der Waals surface area contributed by atoms with Crippen LogP contribution in [0.4, 0.5) is 5.69 Å². The number of nitrogens with zero attached hydrogens (tertiary/aromatic N) is 1. The molecule has 6 heteroatoms. The number of ether oxygens (including phenoxy) is 1.